The number of piperidine rings is 2. The van der Waals surface area contributed by atoms with Crippen molar-refractivity contribution in [3.8, 4) is 5.75 Å². The van der Waals surface area contributed by atoms with Crippen molar-refractivity contribution in [2.45, 2.75) is 57.1 Å². The van der Waals surface area contributed by atoms with Gasteiger partial charge in [-0.3, -0.25) is 9.59 Å². The Bertz CT molecular complexity index is 752. The van der Waals surface area contributed by atoms with E-state index in [1.807, 2.05) is 6.07 Å². The molecule has 1 aliphatic carbocycles. The van der Waals surface area contributed by atoms with E-state index in [9.17, 15) is 9.59 Å². The zero-order valence-electron chi connectivity index (χ0n) is 16.8. The summed E-state index contributed by atoms with van der Waals surface area (Å²) in [7, 11) is 0. The summed E-state index contributed by atoms with van der Waals surface area (Å²) in [4.78, 5) is 28.4. The number of primary amides is 1. The molecule has 29 heavy (non-hydrogen) atoms. The normalized spacial score (nSPS) is 26.0. The maximum absolute atomic E-state index is 12.8. The van der Waals surface area contributed by atoms with Crippen LogP contribution in [0, 0.1) is 5.92 Å². The van der Waals surface area contributed by atoms with Gasteiger partial charge in [0.1, 0.15) is 11.9 Å². The number of nitrogens with zero attached hydrogens (tertiary/aromatic N) is 2. The Hall–Kier alpha value is -1.79. The molecule has 3 fully saturated rings. The van der Waals surface area contributed by atoms with E-state index in [-0.39, 0.29) is 23.8 Å². The Labute approximate surface area is 177 Å². The second-order valence-corrected chi connectivity index (χ2v) is 8.98. The lowest BCUT2D eigenvalue weighted by molar-refractivity contribution is -0.123. The Balaban J connectivity index is 1.29. The van der Waals surface area contributed by atoms with Crippen molar-refractivity contribution in [3.05, 3.63) is 28.8 Å². The van der Waals surface area contributed by atoms with Crippen LogP contribution in [0.2, 0.25) is 5.02 Å². The molecule has 4 rings (SSSR count). The summed E-state index contributed by atoms with van der Waals surface area (Å²) in [6.07, 6.45) is 7.56. The molecule has 2 saturated heterocycles. The van der Waals surface area contributed by atoms with Gasteiger partial charge in [-0.25, -0.2) is 0 Å². The van der Waals surface area contributed by atoms with Crippen LogP contribution in [0.25, 0.3) is 0 Å². The number of halogens is 1. The highest BCUT2D eigenvalue weighted by Crippen LogP contribution is 2.33. The van der Waals surface area contributed by atoms with Crippen LogP contribution in [0.4, 0.5) is 0 Å². The summed E-state index contributed by atoms with van der Waals surface area (Å²) in [6, 6.07) is 5.99. The molecule has 0 aromatic heterocycles. The first-order valence-electron chi connectivity index (χ1n) is 10.8. The molecule has 0 spiro atoms. The molecule has 7 heteroatoms. The third-order valence-corrected chi connectivity index (χ3v) is 6.95. The second-order valence-electron chi connectivity index (χ2n) is 8.57. The average molecular weight is 420 g/mol. The van der Waals surface area contributed by atoms with Crippen molar-refractivity contribution in [2.75, 3.05) is 26.2 Å². The topological polar surface area (TPSA) is 75.9 Å². The molecule has 1 saturated carbocycles. The minimum absolute atomic E-state index is 0.0988. The molecule has 2 amide bonds. The molecule has 0 unspecified atom stereocenters. The first-order chi connectivity index (χ1) is 14.0. The van der Waals surface area contributed by atoms with E-state index in [1.165, 1.54) is 32.4 Å². The van der Waals surface area contributed by atoms with Crippen molar-refractivity contribution in [3.63, 3.8) is 0 Å². The number of nitrogens with two attached hydrogens (primary N) is 1. The standard InChI is InChI=1S/C22H30ClN3O3/c23-20-14-17(29-18-12-16(13-18)25-8-2-1-3-9-25)4-5-19(20)22(28)26-10-6-15(7-11-26)21(24)27/h4-5,14-16,18H,1-3,6-13H2,(H2,24,27). The number of ether oxygens (including phenoxy) is 1. The number of amides is 2. The lowest BCUT2D eigenvalue weighted by Crippen LogP contribution is -2.50. The Morgan fingerprint density at radius 2 is 1.72 bits per heavy atom. The molecule has 0 radical (unpaired) electrons. The zero-order chi connectivity index (χ0) is 20.4. The average Bonchev–Trinajstić information content (AvgIpc) is 2.70. The van der Waals surface area contributed by atoms with E-state index in [0.717, 1.165) is 18.6 Å². The van der Waals surface area contributed by atoms with Crippen LogP contribution >= 0.6 is 11.6 Å². The van der Waals surface area contributed by atoms with Gasteiger partial charge in [-0.05, 0) is 57.0 Å². The minimum atomic E-state index is -0.282. The van der Waals surface area contributed by atoms with Crippen LogP contribution in [0.3, 0.4) is 0 Å². The van der Waals surface area contributed by atoms with Gasteiger partial charge in [0.15, 0.2) is 0 Å². The molecule has 3 aliphatic rings. The van der Waals surface area contributed by atoms with Gasteiger partial charge in [-0.2, -0.15) is 0 Å². The second kappa shape index (κ2) is 8.92. The number of hydrogen-bond acceptors (Lipinski definition) is 4. The van der Waals surface area contributed by atoms with E-state index in [1.54, 1.807) is 17.0 Å². The third kappa shape index (κ3) is 4.69. The largest absolute Gasteiger partial charge is 0.490 e. The SMILES string of the molecule is NC(=O)C1CCN(C(=O)c2ccc(OC3CC(N4CCCCC4)C3)cc2Cl)CC1. The number of carbonyl (C=O) groups is 2. The highest BCUT2D eigenvalue weighted by molar-refractivity contribution is 6.34. The highest BCUT2D eigenvalue weighted by Gasteiger charge is 2.35. The van der Waals surface area contributed by atoms with E-state index >= 15 is 0 Å². The van der Waals surface area contributed by atoms with Crippen LogP contribution in [0.5, 0.6) is 5.75 Å². The molecule has 0 bridgehead atoms. The van der Waals surface area contributed by atoms with Gasteiger partial charge in [0.2, 0.25) is 5.91 Å². The van der Waals surface area contributed by atoms with E-state index in [2.05, 4.69) is 4.90 Å². The number of carbonyl (C=O) groups excluding carboxylic acids is 2. The van der Waals surface area contributed by atoms with Crippen molar-refractivity contribution >= 4 is 23.4 Å². The third-order valence-electron chi connectivity index (χ3n) is 6.64. The van der Waals surface area contributed by atoms with Gasteiger partial charge in [0, 0.05) is 37.9 Å². The van der Waals surface area contributed by atoms with Gasteiger partial charge in [0.25, 0.3) is 5.91 Å². The molecule has 6 nitrogen and oxygen atoms in total. The lowest BCUT2D eigenvalue weighted by atomic mass is 9.86. The fourth-order valence-corrected chi connectivity index (χ4v) is 4.94. The molecular weight excluding hydrogens is 390 g/mol. The Morgan fingerprint density at radius 3 is 2.34 bits per heavy atom. The van der Waals surface area contributed by atoms with Crippen molar-refractivity contribution in [2.24, 2.45) is 11.7 Å². The van der Waals surface area contributed by atoms with E-state index < -0.39 is 0 Å². The minimum Gasteiger partial charge on any atom is -0.490 e. The van der Waals surface area contributed by atoms with Gasteiger partial charge < -0.3 is 20.3 Å². The smallest absolute Gasteiger partial charge is 0.255 e. The summed E-state index contributed by atoms with van der Waals surface area (Å²) < 4.78 is 6.09. The Morgan fingerprint density at radius 1 is 1.03 bits per heavy atom. The van der Waals surface area contributed by atoms with Crippen molar-refractivity contribution < 1.29 is 14.3 Å². The van der Waals surface area contributed by atoms with Crippen LogP contribution in [-0.4, -0.2) is 59.9 Å². The van der Waals surface area contributed by atoms with Crippen molar-refractivity contribution in [1.29, 1.82) is 0 Å². The van der Waals surface area contributed by atoms with Crippen LogP contribution in [0.1, 0.15) is 55.3 Å². The molecule has 158 valence electrons. The summed E-state index contributed by atoms with van der Waals surface area (Å²) in [5.41, 5.74) is 5.85. The molecule has 0 atom stereocenters. The summed E-state index contributed by atoms with van der Waals surface area (Å²) in [5.74, 6) is 0.205. The molecule has 2 N–H and O–H groups in total. The molecule has 2 heterocycles. The quantitative estimate of drug-likeness (QED) is 0.795. The number of likely N-dealkylation sites (tertiary alicyclic amines) is 2. The fourth-order valence-electron chi connectivity index (χ4n) is 4.69. The number of hydrogen-bond donors (Lipinski definition) is 1. The number of benzene rings is 1. The van der Waals surface area contributed by atoms with Gasteiger partial charge >= 0.3 is 0 Å². The summed E-state index contributed by atoms with van der Waals surface area (Å²) >= 11 is 6.41. The fraction of sp³-hybridized carbons (Fsp3) is 0.636. The van der Waals surface area contributed by atoms with Gasteiger partial charge in [-0.15, -0.1) is 0 Å². The van der Waals surface area contributed by atoms with Crippen LogP contribution in [0.15, 0.2) is 18.2 Å². The first-order valence-corrected chi connectivity index (χ1v) is 11.2. The molecule has 2 aliphatic heterocycles. The predicted molar refractivity (Wildman–Crippen MR) is 112 cm³/mol. The maximum atomic E-state index is 12.8. The van der Waals surface area contributed by atoms with Crippen LogP contribution in [-0.2, 0) is 4.79 Å². The summed E-state index contributed by atoms with van der Waals surface area (Å²) in [6.45, 7) is 3.50. The summed E-state index contributed by atoms with van der Waals surface area (Å²) in [5, 5.41) is 0.413. The van der Waals surface area contributed by atoms with Gasteiger partial charge in [0.05, 0.1) is 10.6 Å². The molecule has 1 aromatic rings. The predicted octanol–water partition coefficient (Wildman–Crippen LogP) is 3.07. The lowest BCUT2D eigenvalue weighted by Gasteiger charge is -2.44. The van der Waals surface area contributed by atoms with Crippen LogP contribution < -0.4 is 10.5 Å². The molecular formula is C22H30ClN3O3. The highest BCUT2D eigenvalue weighted by atomic mass is 35.5. The first kappa shape index (κ1) is 20.5. The maximum Gasteiger partial charge on any atom is 0.255 e. The van der Waals surface area contributed by atoms with Crippen molar-refractivity contribution in [1.82, 2.24) is 9.80 Å². The van der Waals surface area contributed by atoms with Gasteiger partial charge in [-0.1, -0.05) is 18.0 Å². The zero-order valence-corrected chi connectivity index (χ0v) is 17.6. The number of rotatable bonds is 5. The van der Waals surface area contributed by atoms with E-state index in [0.29, 0.717) is 42.6 Å². The Kier molecular flexibility index (Phi) is 6.30. The monoisotopic (exact) mass is 419 g/mol. The molecule has 1 aromatic carbocycles. The van der Waals surface area contributed by atoms with E-state index in [4.69, 9.17) is 22.1 Å².